The van der Waals surface area contributed by atoms with Crippen LogP contribution < -0.4 is 11.1 Å². The minimum atomic E-state index is -0.408. The van der Waals surface area contributed by atoms with Crippen molar-refractivity contribution in [1.82, 2.24) is 10.3 Å². The van der Waals surface area contributed by atoms with Crippen molar-refractivity contribution in [3.8, 4) is 0 Å². The minimum absolute atomic E-state index is 0.113. The molecule has 0 aromatic carbocycles. The third-order valence-corrected chi connectivity index (χ3v) is 2.71. The molecule has 1 atom stereocenters. The first-order chi connectivity index (χ1) is 6.63. The molecule has 1 aromatic rings. The van der Waals surface area contributed by atoms with Crippen LogP contribution in [-0.4, -0.2) is 16.9 Å². The Balaban J connectivity index is 2.37. The number of nitrogens with zero attached hydrogens (tertiary/aromatic N) is 1. The Morgan fingerprint density at radius 2 is 2.50 bits per heavy atom. The molecule has 3 N–H and O–H groups in total. The summed E-state index contributed by atoms with van der Waals surface area (Å²) in [4.78, 5) is 15.5. The quantitative estimate of drug-likeness (QED) is 0.777. The number of amides is 1. The lowest BCUT2D eigenvalue weighted by molar-refractivity contribution is -0.122. The molecule has 0 spiro atoms. The summed E-state index contributed by atoms with van der Waals surface area (Å²) in [5.41, 5.74) is 6.45. The minimum Gasteiger partial charge on any atom is -0.349 e. The summed E-state index contributed by atoms with van der Waals surface area (Å²) in [6.07, 6.45) is 0.655. The van der Waals surface area contributed by atoms with E-state index in [2.05, 4.69) is 10.3 Å². The van der Waals surface area contributed by atoms with Crippen LogP contribution in [0, 0.1) is 6.92 Å². The van der Waals surface area contributed by atoms with Crippen molar-refractivity contribution in [3.05, 3.63) is 16.1 Å². The second-order valence-electron chi connectivity index (χ2n) is 3.09. The van der Waals surface area contributed by atoms with Gasteiger partial charge in [-0.2, -0.15) is 0 Å². The standard InChI is InChI=1S/C9H15N3OS/c1-3-8(10)9(13)11-4-7-5-14-6(2)12-7/h5,8H,3-4,10H2,1-2H3,(H,11,13)/t8-/m1/s1. The molecule has 4 nitrogen and oxygen atoms in total. The third-order valence-electron chi connectivity index (χ3n) is 1.89. The summed E-state index contributed by atoms with van der Waals surface area (Å²) in [5, 5.41) is 5.69. The predicted octanol–water partition coefficient (Wildman–Crippen LogP) is 0.805. The van der Waals surface area contributed by atoms with Gasteiger partial charge in [0.2, 0.25) is 5.91 Å². The molecule has 14 heavy (non-hydrogen) atoms. The molecule has 0 aliphatic rings. The van der Waals surface area contributed by atoms with E-state index in [1.807, 2.05) is 19.2 Å². The van der Waals surface area contributed by atoms with Crippen LogP contribution in [0.1, 0.15) is 24.0 Å². The van der Waals surface area contributed by atoms with Gasteiger partial charge in [-0.25, -0.2) is 4.98 Å². The molecule has 1 heterocycles. The average molecular weight is 213 g/mol. The fourth-order valence-corrected chi connectivity index (χ4v) is 1.60. The van der Waals surface area contributed by atoms with Crippen molar-refractivity contribution >= 4 is 17.2 Å². The maximum absolute atomic E-state index is 11.3. The summed E-state index contributed by atoms with van der Waals surface area (Å²) in [7, 11) is 0. The predicted molar refractivity (Wildman–Crippen MR) is 57.0 cm³/mol. The van der Waals surface area contributed by atoms with Crippen LogP contribution in [0.15, 0.2) is 5.38 Å². The number of hydrogen-bond acceptors (Lipinski definition) is 4. The number of carbonyl (C=O) groups excluding carboxylic acids is 1. The highest BCUT2D eigenvalue weighted by Crippen LogP contribution is 2.07. The lowest BCUT2D eigenvalue weighted by atomic mass is 10.2. The molecule has 1 aromatic heterocycles. The topological polar surface area (TPSA) is 68.0 Å². The number of aryl methyl sites for hydroxylation is 1. The monoisotopic (exact) mass is 213 g/mol. The van der Waals surface area contributed by atoms with Gasteiger partial charge in [-0.3, -0.25) is 4.79 Å². The fourth-order valence-electron chi connectivity index (χ4n) is 0.984. The summed E-state index contributed by atoms with van der Waals surface area (Å²) in [6.45, 7) is 4.29. The first kappa shape index (κ1) is 11.1. The molecule has 0 unspecified atom stereocenters. The van der Waals surface area contributed by atoms with E-state index in [9.17, 15) is 4.79 Å². The van der Waals surface area contributed by atoms with Crippen molar-refractivity contribution in [2.75, 3.05) is 0 Å². The van der Waals surface area contributed by atoms with Crippen molar-refractivity contribution in [1.29, 1.82) is 0 Å². The Morgan fingerprint density at radius 1 is 1.79 bits per heavy atom. The van der Waals surface area contributed by atoms with Gasteiger partial charge >= 0.3 is 0 Å². The molecule has 0 bridgehead atoms. The van der Waals surface area contributed by atoms with E-state index in [1.165, 1.54) is 0 Å². The van der Waals surface area contributed by atoms with E-state index in [4.69, 9.17) is 5.73 Å². The van der Waals surface area contributed by atoms with Crippen LogP contribution in [0.25, 0.3) is 0 Å². The number of nitrogens with one attached hydrogen (secondary N) is 1. The van der Waals surface area contributed by atoms with Gasteiger partial charge < -0.3 is 11.1 Å². The second-order valence-corrected chi connectivity index (χ2v) is 4.15. The summed E-state index contributed by atoms with van der Waals surface area (Å²) < 4.78 is 0. The highest BCUT2D eigenvalue weighted by atomic mass is 32.1. The molecule has 5 heteroatoms. The van der Waals surface area contributed by atoms with Crippen LogP contribution in [-0.2, 0) is 11.3 Å². The zero-order chi connectivity index (χ0) is 10.6. The van der Waals surface area contributed by atoms with Crippen molar-refractivity contribution in [2.45, 2.75) is 32.9 Å². The normalized spacial score (nSPS) is 12.5. The third kappa shape index (κ3) is 3.08. The number of carbonyl (C=O) groups is 1. The smallest absolute Gasteiger partial charge is 0.237 e. The van der Waals surface area contributed by atoms with Gasteiger partial charge in [0.05, 0.1) is 23.3 Å². The van der Waals surface area contributed by atoms with Gasteiger partial charge in [0.25, 0.3) is 0 Å². The Morgan fingerprint density at radius 3 is 3.00 bits per heavy atom. The molecule has 0 saturated heterocycles. The molecule has 1 amide bonds. The van der Waals surface area contributed by atoms with Crippen LogP contribution in [0.5, 0.6) is 0 Å². The highest BCUT2D eigenvalue weighted by molar-refractivity contribution is 7.09. The Kier molecular flexibility index (Phi) is 4.03. The van der Waals surface area contributed by atoms with Gasteiger partial charge in [-0.15, -0.1) is 11.3 Å². The number of aromatic nitrogens is 1. The van der Waals surface area contributed by atoms with Crippen molar-refractivity contribution in [2.24, 2.45) is 5.73 Å². The Hall–Kier alpha value is -0.940. The zero-order valence-electron chi connectivity index (χ0n) is 8.41. The maximum atomic E-state index is 11.3. The Labute approximate surface area is 87.5 Å². The number of nitrogens with two attached hydrogens (primary N) is 1. The molecule has 0 aliphatic heterocycles. The molecule has 0 radical (unpaired) electrons. The first-order valence-electron chi connectivity index (χ1n) is 4.57. The van der Waals surface area contributed by atoms with E-state index >= 15 is 0 Å². The van der Waals surface area contributed by atoms with Gasteiger partial charge in [0, 0.05) is 5.38 Å². The molecule has 0 aliphatic carbocycles. The van der Waals surface area contributed by atoms with Crippen molar-refractivity contribution in [3.63, 3.8) is 0 Å². The SMILES string of the molecule is CC[C@@H](N)C(=O)NCc1csc(C)n1. The molecular weight excluding hydrogens is 198 g/mol. The number of hydrogen-bond donors (Lipinski definition) is 2. The van der Waals surface area contributed by atoms with E-state index < -0.39 is 6.04 Å². The van der Waals surface area contributed by atoms with Crippen molar-refractivity contribution < 1.29 is 4.79 Å². The summed E-state index contributed by atoms with van der Waals surface area (Å²) in [6, 6.07) is -0.408. The largest absolute Gasteiger partial charge is 0.349 e. The van der Waals surface area contributed by atoms with E-state index in [1.54, 1.807) is 11.3 Å². The van der Waals surface area contributed by atoms with Crippen LogP contribution in [0.2, 0.25) is 0 Å². The van der Waals surface area contributed by atoms with Crippen LogP contribution in [0.4, 0.5) is 0 Å². The molecule has 0 saturated carbocycles. The van der Waals surface area contributed by atoms with E-state index in [0.717, 1.165) is 10.7 Å². The first-order valence-corrected chi connectivity index (χ1v) is 5.45. The molecule has 78 valence electrons. The second kappa shape index (κ2) is 5.07. The number of rotatable bonds is 4. The van der Waals surface area contributed by atoms with Gasteiger partial charge in [-0.1, -0.05) is 6.92 Å². The van der Waals surface area contributed by atoms with E-state index in [-0.39, 0.29) is 5.91 Å². The summed E-state index contributed by atoms with van der Waals surface area (Å²) >= 11 is 1.58. The van der Waals surface area contributed by atoms with Gasteiger partial charge in [-0.05, 0) is 13.3 Å². The molecular formula is C9H15N3OS. The van der Waals surface area contributed by atoms with Gasteiger partial charge in [0.1, 0.15) is 0 Å². The maximum Gasteiger partial charge on any atom is 0.237 e. The van der Waals surface area contributed by atoms with Crippen LogP contribution in [0.3, 0.4) is 0 Å². The molecule has 0 fully saturated rings. The van der Waals surface area contributed by atoms with Gasteiger partial charge in [0.15, 0.2) is 0 Å². The average Bonchev–Trinajstić information content (AvgIpc) is 2.59. The summed E-state index contributed by atoms with van der Waals surface area (Å²) in [5.74, 6) is -0.113. The molecule has 1 rings (SSSR count). The lowest BCUT2D eigenvalue weighted by Gasteiger charge is -2.08. The highest BCUT2D eigenvalue weighted by Gasteiger charge is 2.10. The van der Waals surface area contributed by atoms with Crippen LogP contribution >= 0.6 is 11.3 Å². The Bertz CT molecular complexity index is 311. The zero-order valence-corrected chi connectivity index (χ0v) is 9.23. The van der Waals surface area contributed by atoms with E-state index in [0.29, 0.717) is 13.0 Å². The fraction of sp³-hybridized carbons (Fsp3) is 0.556. The number of thiazole rings is 1. The lowest BCUT2D eigenvalue weighted by Crippen LogP contribution is -2.39.